The zero-order valence-electron chi connectivity index (χ0n) is 13.1. The zero-order chi connectivity index (χ0) is 17.3. The van der Waals surface area contributed by atoms with Crippen molar-refractivity contribution in [2.75, 3.05) is 13.4 Å². The molecular formula is C18H15Br2NO2S. The number of aromatic amines is 1. The molecule has 0 aliphatic carbocycles. The number of Topliss-reactive ketones (excluding diaryl/α,β-unsaturated/α-hetero) is 1. The van der Waals surface area contributed by atoms with Crippen LogP contribution in [0.4, 0.5) is 0 Å². The second-order valence-electron chi connectivity index (χ2n) is 5.22. The minimum absolute atomic E-state index is 0.0666. The summed E-state index contributed by atoms with van der Waals surface area (Å²) in [7, 11) is 1.55. The lowest BCUT2D eigenvalue weighted by Crippen LogP contribution is -2.20. The van der Waals surface area contributed by atoms with Gasteiger partial charge in [-0.1, -0.05) is 62.2 Å². The highest BCUT2D eigenvalue weighted by atomic mass is 79.9. The smallest absolute Gasteiger partial charge is 0.218 e. The van der Waals surface area contributed by atoms with Crippen LogP contribution >= 0.6 is 43.6 Å². The van der Waals surface area contributed by atoms with Gasteiger partial charge in [0, 0.05) is 32.5 Å². The lowest BCUT2D eigenvalue weighted by atomic mass is 10.0. The molecule has 24 heavy (non-hydrogen) atoms. The molecule has 1 aromatic heterocycles. The Morgan fingerprint density at radius 1 is 1.21 bits per heavy atom. The van der Waals surface area contributed by atoms with E-state index in [1.807, 2.05) is 48.7 Å². The molecule has 3 nitrogen and oxygen atoms in total. The number of ketones is 1. The Bertz CT molecular complexity index is 889. The van der Waals surface area contributed by atoms with Crippen LogP contribution in [0, 0.1) is 0 Å². The molecule has 6 heteroatoms. The summed E-state index contributed by atoms with van der Waals surface area (Å²) in [6.45, 7) is 0. The number of thioether (sulfide) groups is 1. The van der Waals surface area contributed by atoms with Gasteiger partial charge in [0.1, 0.15) is 0 Å². The van der Waals surface area contributed by atoms with E-state index in [0.29, 0.717) is 5.69 Å². The van der Waals surface area contributed by atoms with Crippen molar-refractivity contribution >= 4 is 60.3 Å². The highest BCUT2D eigenvalue weighted by Crippen LogP contribution is 2.39. The summed E-state index contributed by atoms with van der Waals surface area (Å²) in [6.07, 6.45) is 1.86. The molecule has 0 spiro atoms. The van der Waals surface area contributed by atoms with Gasteiger partial charge in [-0.3, -0.25) is 4.79 Å². The number of hydrogen-bond acceptors (Lipinski definition) is 3. The second-order valence-corrected chi connectivity index (χ2v) is 7.89. The van der Waals surface area contributed by atoms with Crippen LogP contribution in [0.2, 0.25) is 0 Å². The van der Waals surface area contributed by atoms with Crippen molar-refractivity contribution in [1.82, 2.24) is 4.98 Å². The Balaban J connectivity index is 2.33. The molecule has 0 aliphatic rings. The summed E-state index contributed by atoms with van der Waals surface area (Å²) in [5, 5.41) is 0.990. The molecule has 3 aromatic rings. The van der Waals surface area contributed by atoms with Gasteiger partial charge in [-0.05, 0) is 24.0 Å². The third-order valence-electron chi connectivity index (χ3n) is 3.77. The minimum atomic E-state index is -0.539. The summed E-state index contributed by atoms with van der Waals surface area (Å²) in [5.41, 5.74) is 2.81. The van der Waals surface area contributed by atoms with Gasteiger partial charge >= 0.3 is 0 Å². The van der Waals surface area contributed by atoms with Crippen LogP contribution in [0.15, 0.2) is 51.4 Å². The van der Waals surface area contributed by atoms with Crippen molar-refractivity contribution in [2.24, 2.45) is 0 Å². The number of halogens is 2. The number of fused-ring (bicyclic) bond motifs is 1. The van der Waals surface area contributed by atoms with E-state index in [1.165, 1.54) is 11.8 Å². The molecule has 124 valence electrons. The van der Waals surface area contributed by atoms with Crippen LogP contribution in [0.5, 0.6) is 0 Å². The molecule has 0 saturated heterocycles. The number of hydrogen-bond donors (Lipinski definition) is 1. The lowest BCUT2D eigenvalue weighted by molar-refractivity contribution is 0.0791. The van der Waals surface area contributed by atoms with Crippen LogP contribution in [0.1, 0.15) is 10.5 Å². The first-order chi connectivity index (χ1) is 11.6. The SMILES string of the molecule is COC(SC)C(=O)c1[nH]c2cc(Br)cc(Br)c2c1-c1ccccc1. The van der Waals surface area contributed by atoms with E-state index >= 15 is 0 Å². The van der Waals surface area contributed by atoms with Gasteiger partial charge in [0.25, 0.3) is 0 Å². The molecule has 1 heterocycles. The van der Waals surface area contributed by atoms with E-state index in [2.05, 4.69) is 36.8 Å². The fraction of sp³-hybridized carbons (Fsp3) is 0.167. The van der Waals surface area contributed by atoms with E-state index in [4.69, 9.17) is 4.74 Å². The fourth-order valence-corrected chi connectivity index (χ4v) is 4.70. The number of rotatable bonds is 5. The first-order valence-corrected chi connectivity index (χ1v) is 10.1. The maximum atomic E-state index is 13.0. The Morgan fingerprint density at radius 2 is 1.92 bits per heavy atom. The zero-order valence-corrected chi connectivity index (χ0v) is 17.1. The summed E-state index contributed by atoms with van der Waals surface area (Å²) >= 11 is 8.52. The number of ether oxygens (including phenoxy) is 1. The Morgan fingerprint density at radius 3 is 2.54 bits per heavy atom. The molecule has 1 N–H and O–H groups in total. The maximum Gasteiger partial charge on any atom is 0.218 e. The third-order valence-corrected chi connectivity index (χ3v) is 5.68. The van der Waals surface area contributed by atoms with Crippen molar-refractivity contribution in [3.05, 3.63) is 57.1 Å². The van der Waals surface area contributed by atoms with Gasteiger partial charge < -0.3 is 9.72 Å². The molecule has 1 unspecified atom stereocenters. The number of methoxy groups -OCH3 is 1. The number of nitrogens with one attached hydrogen (secondary N) is 1. The monoisotopic (exact) mass is 467 g/mol. The van der Waals surface area contributed by atoms with Crippen molar-refractivity contribution < 1.29 is 9.53 Å². The van der Waals surface area contributed by atoms with Gasteiger partial charge in [0.05, 0.1) is 5.69 Å². The number of benzene rings is 2. The van der Waals surface area contributed by atoms with Crippen LogP contribution in [0.3, 0.4) is 0 Å². The van der Waals surface area contributed by atoms with Gasteiger partial charge in [0.15, 0.2) is 5.44 Å². The van der Waals surface area contributed by atoms with Crippen LogP contribution in [0.25, 0.3) is 22.0 Å². The van der Waals surface area contributed by atoms with Gasteiger partial charge in [-0.15, -0.1) is 11.8 Å². The standard InChI is InChI=1S/C18H15Br2NO2S/c1-23-18(24-2)17(22)16-14(10-6-4-3-5-7-10)15-12(20)8-11(19)9-13(15)21-16/h3-9,18,21H,1-2H3. The Kier molecular flexibility index (Phi) is 5.49. The molecular weight excluding hydrogens is 454 g/mol. The molecule has 0 radical (unpaired) electrons. The first kappa shape index (κ1) is 17.7. The van der Waals surface area contributed by atoms with Crippen molar-refractivity contribution in [3.63, 3.8) is 0 Å². The topological polar surface area (TPSA) is 42.1 Å². The van der Waals surface area contributed by atoms with Crippen LogP contribution in [-0.4, -0.2) is 29.6 Å². The molecule has 0 aliphatic heterocycles. The van der Waals surface area contributed by atoms with Crippen molar-refractivity contribution in [3.8, 4) is 11.1 Å². The molecule has 0 saturated carbocycles. The summed E-state index contributed by atoms with van der Waals surface area (Å²) in [4.78, 5) is 16.3. The predicted molar refractivity (Wildman–Crippen MR) is 108 cm³/mol. The van der Waals surface area contributed by atoms with Gasteiger partial charge in [0.2, 0.25) is 5.78 Å². The van der Waals surface area contributed by atoms with Crippen molar-refractivity contribution in [2.45, 2.75) is 5.44 Å². The molecule has 0 fully saturated rings. The lowest BCUT2D eigenvalue weighted by Gasteiger charge is -2.12. The van der Waals surface area contributed by atoms with Crippen LogP contribution in [-0.2, 0) is 4.74 Å². The molecule has 2 aromatic carbocycles. The normalized spacial score (nSPS) is 12.5. The summed E-state index contributed by atoms with van der Waals surface area (Å²) in [6, 6.07) is 13.9. The Hall–Kier alpha value is -1.08. The largest absolute Gasteiger partial charge is 0.362 e. The fourth-order valence-electron chi connectivity index (χ4n) is 2.75. The number of carbonyl (C=O) groups is 1. The van der Waals surface area contributed by atoms with E-state index in [9.17, 15) is 4.79 Å². The highest BCUT2D eigenvalue weighted by Gasteiger charge is 2.26. The minimum Gasteiger partial charge on any atom is -0.362 e. The van der Waals surface area contributed by atoms with Crippen molar-refractivity contribution in [1.29, 1.82) is 0 Å². The maximum absolute atomic E-state index is 13.0. The predicted octanol–water partition coefficient (Wildman–Crippen LogP) is 5.88. The molecule has 0 bridgehead atoms. The van der Waals surface area contributed by atoms with E-state index in [1.54, 1.807) is 7.11 Å². The average Bonchev–Trinajstić information content (AvgIpc) is 2.96. The van der Waals surface area contributed by atoms with E-state index in [-0.39, 0.29) is 5.78 Å². The summed E-state index contributed by atoms with van der Waals surface area (Å²) in [5.74, 6) is -0.0666. The summed E-state index contributed by atoms with van der Waals surface area (Å²) < 4.78 is 7.20. The van der Waals surface area contributed by atoms with E-state index in [0.717, 1.165) is 31.0 Å². The Labute approximate surface area is 161 Å². The first-order valence-electron chi connectivity index (χ1n) is 7.22. The van der Waals surface area contributed by atoms with E-state index < -0.39 is 5.44 Å². The highest BCUT2D eigenvalue weighted by molar-refractivity contribution is 9.11. The van der Waals surface area contributed by atoms with Crippen LogP contribution < -0.4 is 0 Å². The number of H-pyrrole nitrogens is 1. The molecule has 3 rings (SSSR count). The number of carbonyl (C=O) groups excluding carboxylic acids is 1. The third kappa shape index (κ3) is 3.20. The average molecular weight is 469 g/mol. The quantitative estimate of drug-likeness (QED) is 0.375. The number of aromatic nitrogens is 1. The van der Waals surface area contributed by atoms with Gasteiger partial charge in [-0.2, -0.15) is 0 Å². The molecule has 0 amide bonds. The van der Waals surface area contributed by atoms with Gasteiger partial charge in [-0.25, -0.2) is 0 Å². The molecule has 1 atom stereocenters. The second kappa shape index (κ2) is 7.44.